The number of carbonyl (C=O) groups excluding carboxylic acids is 1. The third kappa shape index (κ3) is 2.53. The summed E-state index contributed by atoms with van der Waals surface area (Å²) >= 11 is 0. The lowest BCUT2D eigenvalue weighted by Gasteiger charge is -2.19. The van der Waals surface area contributed by atoms with Crippen LogP contribution < -0.4 is 5.73 Å². The third-order valence-corrected chi connectivity index (χ3v) is 2.83. The predicted octanol–water partition coefficient (Wildman–Crippen LogP) is 1.42. The molecule has 3 N–H and O–H groups in total. The van der Waals surface area contributed by atoms with Crippen LogP contribution in [0.4, 0.5) is 5.69 Å². The van der Waals surface area contributed by atoms with E-state index in [0.717, 1.165) is 18.7 Å². The van der Waals surface area contributed by atoms with Crippen LogP contribution in [-0.4, -0.2) is 34.6 Å². The molecule has 0 saturated heterocycles. The number of nitrogens with one attached hydrogen (secondary N) is 1. The number of aryl methyl sites for hydroxylation is 1. The number of aromatic amines is 1. The fraction of sp³-hybridized carbons (Fsp3) is 0.636. The fourth-order valence-electron chi connectivity index (χ4n) is 1.46. The highest BCUT2D eigenvalue weighted by atomic mass is 16.2. The summed E-state index contributed by atoms with van der Waals surface area (Å²) in [6, 6.07) is 0. The van der Waals surface area contributed by atoms with E-state index >= 15 is 0 Å². The normalized spacial score (nSPS) is 12.5. The topological polar surface area (TPSA) is 75.0 Å². The monoisotopic (exact) mass is 224 g/mol. The van der Waals surface area contributed by atoms with Crippen molar-refractivity contribution in [3.63, 3.8) is 0 Å². The van der Waals surface area contributed by atoms with E-state index in [-0.39, 0.29) is 5.91 Å². The van der Waals surface area contributed by atoms with Crippen LogP contribution in [0.3, 0.4) is 0 Å². The molecule has 0 aromatic carbocycles. The zero-order valence-electron chi connectivity index (χ0n) is 10.4. The van der Waals surface area contributed by atoms with Crippen molar-refractivity contribution in [2.45, 2.75) is 27.2 Å². The first kappa shape index (κ1) is 12.5. The van der Waals surface area contributed by atoms with E-state index in [1.807, 2.05) is 0 Å². The van der Waals surface area contributed by atoms with Gasteiger partial charge in [-0.3, -0.25) is 9.89 Å². The molecule has 0 fully saturated rings. The number of hydrogen-bond donors (Lipinski definition) is 2. The van der Waals surface area contributed by atoms with E-state index in [1.54, 1.807) is 18.9 Å². The van der Waals surface area contributed by atoms with Gasteiger partial charge in [-0.15, -0.1) is 0 Å². The van der Waals surface area contributed by atoms with Crippen molar-refractivity contribution in [1.82, 2.24) is 15.1 Å². The SMILES string of the molecule is CCC(C)CN(C)C(=O)c1n[nH]c(C)c1N. The van der Waals surface area contributed by atoms with E-state index < -0.39 is 0 Å². The summed E-state index contributed by atoms with van der Waals surface area (Å²) in [6.07, 6.45) is 1.05. The minimum Gasteiger partial charge on any atom is -0.395 e. The maximum atomic E-state index is 12.0. The third-order valence-electron chi connectivity index (χ3n) is 2.83. The van der Waals surface area contributed by atoms with Crippen molar-refractivity contribution in [2.24, 2.45) is 5.92 Å². The summed E-state index contributed by atoms with van der Waals surface area (Å²) < 4.78 is 0. The number of nitrogen functional groups attached to an aromatic ring is 1. The summed E-state index contributed by atoms with van der Waals surface area (Å²) in [5, 5.41) is 6.65. The molecule has 1 atom stereocenters. The zero-order valence-corrected chi connectivity index (χ0v) is 10.4. The number of aromatic nitrogens is 2. The molecule has 0 aliphatic carbocycles. The molecule has 0 spiro atoms. The summed E-state index contributed by atoms with van der Waals surface area (Å²) in [6.45, 7) is 6.74. The second kappa shape index (κ2) is 5.01. The molecule has 1 amide bonds. The molecule has 0 aliphatic rings. The molecule has 0 saturated carbocycles. The number of nitrogens with zero attached hydrogens (tertiary/aromatic N) is 2. The van der Waals surface area contributed by atoms with Crippen LogP contribution in [0.2, 0.25) is 0 Å². The first-order valence-corrected chi connectivity index (χ1v) is 5.53. The largest absolute Gasteiger partial charge is 0.395 e. The molecular weight excluding hydrogens is 204 g/mol. The Balaban J connectivity index is 2.74. The Labute approximate surface area is 96.0 Å². The van der Waals surface area contributed by atoms with Crippen LogP contribution in [0.5, 0.6) is 0 Å². The highest BCUT2D eigenvalue weighted by molar-refractivity contribution is 5.97. The molecule has 0 radical (unpaired) electrons. The number of amides is 1. The molecule has 5 heteroatoms. The second-order valence-electron chi connectivity index (χ2n) is 4.31. The standard InChI is InChI=1S/C11H20N4O/c1-5-7(2)6-15(4)11(16)10-9(12)8(3)13-14-10/h7H,5-6,12H2,1-4H3,(H,13,14). The van der Waals surface area contributed by atoms with Gasteiger partial charge >= 0.3 is 0 Å². The van der Waals surface area contributed by atoms with Crippen LogP contribution in [0.1, 0.15) is 36.5 Å². The number of rotatable bonds is 4. The molecule has 1 heterocycles. The summed E-state index contributed by atoms with van der Waals surface area (Å²) in [7, 11) is 1.78. The summed E-state index contributed by atoms with van der Waals surface area (Å²) in [4.78, 5) is 13.7. The molecular formula is C11H20N4O. The number of carbonyl (C=O) groups is 1. The molecule has 5 nitrogen and oxygen atoms in total. The van der Waals surface area contributed by atoms with Gasteiger partial charge in [-0.2, -0.15) is 5.10 Å². The van der Waals surface area contributed by atoms with Crippen LogP contribution in [-0.2, 0) is 0 Å². The van der Waals surface area contributed by atoms with Crippen LogP contribution in [0.15, 0.2) is 0 Å². The molecule has 1 aromatic heterocycles. The van der Waals surface area contributed by atoms with Gasteiger partial charge in [0.25, 0.3) is 5.91 Å². The van der Waals surface area contributed by atoms with E-state index in [9.17, 15) is 4.79 Å². The van der Waals surface area contributed by atoms with Gasteiger partial charge in [0.15, 0.2) is 5.69 Å². The minimum atomic E-state index is -0.123. The highest BCUT2D eigenvalue weighted by Crippen LogP contribution is 2.15. The number of H-pyrrole nitrogens is 1. The minimum absolute atomic E-state index is 0.123. The molecule has 90 valence electrons. The quantitative estimate of drug-likeness (QED) is 0.812. The Kier molecular flexibility index (Phi) is 3.93. The zero-order chi connectivity index (χ0) is 12.3. The van der Waals surface area contributed by atoms with Gasteiger partial charge in [0.1, 0.15) is 0 Å². The molecule has 1 unspecified atom stereocenters. The summed E-state index contributed by atoms with van der Waals surface area (Å²) in [5.41, 5.74) is 7.27. The molecule has 1 rings (SSSR count). The van der Waals surface area contributed by atoms with Gasteiger partial charge in [0.05, 0.1) is 11.4 Å². The van der Waals surface area contributed by atoms with Gasteiger partial charge < -0.3 is 10.6 Å². The van der Waals surface area contributed by atoms with Gasteiger partial charge in [0.2, 0.25) is 0 Å². The van der Waals surface area contributed by atoms with Crippen LogP contribution in [0.25, 0.3) is 0 Å². The Morgan fingerprint density at radius 1 is 1.62 bits per heavy atom. The van der Waals surface area contributed by atoms with Crippen LogP contribution in [0, 0.1) is 12.8 Å². The molecule has 0 aliphatic heterocycles. The lowest BCUT2D eigenvalue weighted by atomic mass is 10.1. The Hall–Kier alpha value is -1.52. The molecule has 0 bridgehead atoms. The van der Waals surface area contributed by atoms with E-state index in [1.165, 1.54) is 0 Å². The molecule has 16 heavy (non-hydrogen) atoms. The van der Waals surface area contributed by atoms with Crippen molar-refractivity contribution in [1.29, 1.82) is 0 Å². The van der Waals surface area contributed by atoms with E-state index in [2.05, 4.69) is 24.0 Å². The van der Waals surface area contributed by atoms with Crippen molar-refractivity contribution < 1.29 is 4.79 Å². The van der Waals surface area contributed by atoms with Gasteiger partial charge in [0, 0.05) is 13.6 Å². The Bertz CT molecular complexity index is 372. The van der Waals surface area contributed by atoms with Crippen molar-refractivity contribution in [2.75, 3.05) is 19.3 Å². The number of nitrogens with two attached hydrogens (primary N) is 1. The second-order valence-corrected chi connectivity index (χ2v) is 4.31. The number of anilines is 1. The predicted molar refractivity (Wildman–Crippen MR) is 64.2 cm³/mol. The molecule has 1 aromatic rings. The van der Waals surface area contributed by atoms with Gasteiger partial charge in [-0.25, -0.2) is 0 Å². The van der Waals surface area contributed by atoms with E-state index in [0.29, 0.717) is 17.3 Å². The average Bonchev–Trinajstić information content (AvgIpc) is 2.58. The van der Waals surface area contributed by atoms with E-state index in [4.69, 9.17) is 5.73 Å². The lowest BCUT2D eigenvalue weighted by Crippen LogP contribution is -2.31. The highest BCUT2D eigenvalue weighted by Gasteiger charge is 2.20. The lowest BCUT2D eigenvalue weighted by molar-refractivity contribution is 0.0770. The Morgan fingerprint density at radius 2 is 2.25 bits per heavy atom. The van der Waals surface area contributed by atoms with Gasteiger partial charge in [-0.05, 0) is 12.8 Å². The van der Waals surface area contributed by atoms with Gasteiger partial charge in [-0.1, -0.05) is 20.3 Å². The smallest absolute Gasteiger partial charge is 0.276 e. The maximum Gasteiger partial charge on any atom is 0.276 e. The van der Waals surface area contributed by atoms with Crippen molar-refractivity contribution >= 4 is 11.6 Å². The maximum absolute atomic E-state index is 12.0. The average molecular weight is 224 g/mol. The number of hydrogen-bond acceptors (Lipinski definition) is 3. The van der Waals surface area contributed by atoms with Crippen LogP contribution >= 0.6 is 0 Å². The summed E-state index contributed by atoms with van der Waals surface area (Å²) in [5.74, 6) is 0.359. The fourth-order valence-corrected chi connectivity index (χ4v) is 1.46. The first-order chi connectivity index (χ1) is 7.47. The van der Waals surface area contributed by atoms with Crippen molar-refractivity contribution in [3.8, 4) is 0 Å². The van der Waals surface area contributed by atoms with Crippen molar-refractivity contribution in [3.05, 3.63) is 11.4 Å². The first-order valence-electron chi connectivity index (χ1n) is 5.53. The Morgan fingerprint density at radius 3 is 2.69 bits per heavy atom.